The average molecular weight is 899 g/mol. The predicted molar refractivity (Wildman–Crippen MR) is 293 cm³/mol. The molecule has 2 atom stereocenters. The second-order valence-electron chi connectivity index (χ2n) is 20.9. The van der Waals surface area contributed by atoms with Gasteiger partial charge in [0.25, 0.3) is 0 Å². The van der Waals surface area contributed by atoms with Crippen LogP contribution >= 0.6 is 0 Å². The van der Waals surface area contributed by atoms with Crippen LogP contribution in [-0.4, -0.2) is 19.9 Å². The third-order valence-electron chi connectivity index (χ3n) is 15.1. The molecular formula is C62H98N4. The Kier molecular flexibility index (Phi) is 26.9. The van der Waals surface area contributed by atoms with Crippen molar-refractivity contribution in [3.63, 3.8) is 0 Å². The van der Waals surface area contributed by atoms with E-state index in [1.165, 1.54) is 240 Å². The summed E-state index contributed by atoms with van der Waals surface area (Å²) in [5.74, 6) is 1.55. The van der Waals surface area contributed by atoms with Gasteiger partial charge in [-0.1, -0.05) is 233 Å². The maximum Gasteiger partial charge on any atom is 0.0690 e. The van der Waals surface area contributed by atoms with Gasteiger partial charge in [-0.3, -0.25) is 0 Å². The second-order valence-corrected chi connectivity index (χ2v) is 20.9. The fourth-order valence-corrected chi connectivity index (χ4v) is 10.8. The SMILES string of the molecule is CCCCCCCCCCC(CCCCCCCC)CCc1c2nc(cc3ccc([nH]3)c(CCC(CCCCCCCC)CCCCCCCCCC)c3nc(cc4ccc1[nH]4)C=C3)C=C2. The second kappa shape index (κ2) is 33.2. The smallest absolute Gasteiger partial charge is 0.0690 e. The first kappa shape index (κ1) is 53.6. The molecule has 66 heavy (non-hydrogen) atoms. The number of fused-ring (bicyclic) bond motifs is 8. The van der Waals surface area contributed by atoms with E-state index >= 15 is 0 Å². The van der Waals surface area contributed by atoms with Crippen molar-refractivity contribution in [3.8, 4) is 0 Å². The first-order valence-electron chi connectivity index (χ1n) is 28.7. The monoisotopic (exact) mass is 899 g/mol. The lowest BCUT2D eigenvalue weighted by molar-refractivity contribution is 0.380. The number of aromatic nitrogens is 4. The maximum atomic E-state index is 5.33. The van der Waals surface area contributed by atoms with Crippen LogP contribution in [0, 0.1) is 11.8 Å². The standard InChI is InChI=1S/C62H98N4/c1-5-9-13-17-21-23-27-31-35-51(33-29-25-19-15-11-7-3)37-43-57-59-45-39-53(63-59)49-55-41-47-61(65-55)58(62-48-42-56(66-62)50-54-40-46-60(57)64-54)44-38-52(34-30-26-20-16-12-8-4)36-32-28-24-22-18-14-10-6-2/h39-42,45-52,63,66H,5-38,43-44H2,1-4H3. The van der Waals surface area contributed by atoms with E-state index in [1.807, 2.05) is 0 Å². The summed E-state index contributed by atoms with van der Waals surface area (Å²) in [6.07, 6.45) is 57.9. The average Bonchev–Trinajstić information content (AvgIpc) is 4.18. The summed E-state index contributed by atoms with van der Waals surface area (Å²) in [4.78, 5) is 18.4. The van der Waals surface area contributed by atoms with Gasteiger partial charge in [0.05, 0.1) is 22.8 Å². The van der Waals surface area contributed by atoms with E-state index in [4.69, 9.17) is 9.97 Å². The highest BCUT2D eigenvalue weighted by molar-refractivity contribution is 5.80. The van der Waals surface area contributed by atoms with Crippen LogP contribution < -0.4 is 0 Å². The Morgan fingerprint density at radius 1 is 0.348 bits per heavy atom. The van der Waals surface area contributed by atoms with Crippen molar-refractivity contribution < 1.29 is 0 Å². The summed E-state index contributed by atoms with van der Waals surface area (Å²) in [6.45, 7) is 9.28. The molecule has 0 saturated carbocycles. The summed E-state index contributed by atoms with van der Waals surface area (Å²) >= 11 is 0. The molecule has 0 saturated heterocycles. The molecule has 0 aliphatic carbocycles. The molecule has 366 valence electrons. The van der Waals surface area contributed by atoms with Crippen LogP contribution in [0.25, 0.3) is 46.4 Å². The molecule has 2 unspecified atom stereocenters. The van der Waals surface area contributed by atoms with Gasteiger partial charge in [0.1, 0.15) is 0 Å². The summed E-state index contributed by atoms with van der Waals surface area (Å²) < 4.78 is 0. The molecule has 5 rings (SSSR count). The van der Waals surface area contributed by atoms with Gasteiger partial charge < -0.3 is 9.97 Å². The Morgan fingerprint density at radius 3 is 0.970 bits per heavy atom. The number of hydrogen-bond acceptors (Lipinski definition) is 2. The lowest BCUT2D eigenvalue weighted by atomic mass is 9.88. The van der Waals surface area contributed by atoms with E-state index in [-0.39, 0.29) is 0 Å². The van der Waals surface area contributed by atoms with Gasteiger partial charge in [0.15, 0.2) is 0 Å². The molecule has 5 heterocycles. The highest BCUT2D eigenvalue weighted by atomic mass is 14.8. The van der Waals surface area contributed by atoms with Crippen molar-refractivity contribution in [3.05, 3.63) is 70.3 Å². The lowest BCUT2D eigenvalue weighted by Crippen LogP contribution is -2.04. The van der Waals surface area contributed by atoms with Crippen molar-refractivity contribution in [1.82, 2.24) is 19.9 Å². The molecule has 0 amide bonds. The zero-order valence-corrected chi connectivity index (χ0v) is 43.3. The van der Waals surface area contributed by atoms with Crippen LogP contribution in [0.15, 0.2) is 36.4 Å². The molecule has 2 aliphatic rings. The predicted octanol–water partition coefficient (Wildman–Crippen LogP) is 20.3. The van der Waals surface area contributed by atoms with E-state index in [0.29, 0.717) is 0 Å². The van der Waals surface area contributed by atoms with Crippen molar-refractivity contribution >= 4 is 46.4 Å². The zero-order chi connectivity index (χ0) is 46.3. The minimum absolute atomic E-state index is 0.775. The molecule has 2 aliphatic heterocycles. The van der Waals surface area contributed by atoms with E-state index in [9.17, 15) is 0 Å². The molecule has 0 spiro atoms. The molecule has 8 bridgehead atoms. The third-order valence-corrected chi connectivity index (χ3v) is 15.1. The molecule has 4 heteroatoms. The van der Waals surface area contributed by atoms with Crippen molar-refractivity contribution in [2.24, 2.45) is 11.8 Å². The number of H-pyrrole nitrogens is 2. The van der Waals surface area contributed by atoms with Crippen LogP contribution in [-0.2, 0) is 12.8 Å². The Bertz CT molecular complexity index is 1820. The number of aromatic amines is 2. The molecular weight excluding hydrogens is 801 g/mol. The molecule has 0 fully saturated rings. The molecule has 3 aromatic heterocycles. The first-order valence-corrected chi connectivity index (χ1v) is 28.7. The van der Waals surface area contributed by atoms with Crippen LogP contribution in [0.3, 0.4) is 0 Å². The Labute approximate surface area is 405 Å². The van der Waals surface area contributed by atoms with Gasteiger partial charge in [-0.15, -0.1) is 0 Å². The number of nitrogens with one attached hydrogen (secondary N) is 2. The summed E-state index contributed by atoms with van der Waals surface area (Å²) in [5.41, 5.74) is 11.7. The number of nitrogens with zero attached hydrogens (tertiary/aromatic N) is 2. The van der Waals surface area contributed by atoms with Crippen LogP contribution in [0.4, 0.5) is 0 Å². The Morgan fingerprint density at radius 2 is 0.652 bits per heavy atom. The highest BCUT2D eigenvalue weighted by Crippen LogP contribution is 2.30. The number of rotatable bonds is 38. The zero-order valence-electron chi connectivity index (χ0n) is 43.3. The molecule has 2 N–H and O–H groups in total. The number of unbranched alkanes of at least 4 members (excludes halogenated alkanes) is 24. The number of aryl methyl sites for hydroxylation is 2. The van der Waals surface area contributed by atoms with Gasteiger partial charge in [0, 0.05) is 33.2 Å². The van der Waals surface area contributed by atoms with Crippen molar-refractivity contribution in [2.45, 2.75) is 259 Å². The molecule has 4 nitrogen and oxygen atoms in total. The summed E-state index contributed by atoms with van der Waals surface area (Å²) in [7, 11) is 0. The quantitative estimate of drug-likeness (QED) is 0.0388. The fraction of sp³-hybridized carbons (Fsp3) is 0.677. The van der Waals surface area contributed by atoms with Crippen molar-refractivity contribution in [1.29, 1.82) is 0 Å². The third kappa shape index (κ3) is 20.4. The van der Waals surface area contributed by atoms with Gasteiger partial charge in [-0.05, 0) is 98.2 Å². The highest BCUT2D eigenvalue weighted by Gasteiger charge is 2.16. The minimum Gasteiger partial charge on any atom is -0.355 e. The lowest BCUT2D eigenvalue weighted by Gasteiger charge is -2.17. The van der Waals surface area contributed by atoms with Gasteiger partial charge in [-0.25, -0.2) is 9.97 Å². The van der Waals surface area contributed by atoms with Gasteiger partial charge in [-0.2, -0.15) is 0 Å². The van der Waals surface area contributed by atoms with Crippen molar-refractivity contribution in [2.75, 3.05) is 0 Å². The maximum absolute atomic E-state index is 5.33. The molecule has 3 aromatic rings. The Hall–Kier alpha value is -3.40. The Balaban J connectivity index is 1.35. The van der Waals surface area contributed by atoms with E-state index in [0.717, 1.165) is 58.5 Å². The molecule has 0 radical (unpaired) electrons. The largest absolute Gasteiger partial charge is 0.355 e. The molecule has 0 aromatic carbocycles. The summed E-state index contributed by atoms with van der Waals surface area (Å²) in [5, 5.41) is 0. The number of hydrogen-bond donors (Lipinski definition) is 2. The van der Waals surface area contributed by atoms with E-state index in [1.54, 1.807) is 0 Å². The van der Waals surface area contributed by atoms with E-state index in [2.05, 4.69) is 98.4 Å². The topological polar surface area (TPSA) is 57.4 Å². The minimum atomic E-state index is 0.775. The van der Waals surface area contributed by atoms with E-state index < -0.39 is 0 Å². The first-order chi connectivity index (χ1) is 32.6. The van der Waals surface area contributed by atoms with Crippen LogP contribution in [0.1, 0.15) is 280 Å². The van der Waals surface area contributed by atoms with Gasteiger partial charge >= 0.3 is 0 Å². The van der Waals surface area contributed by atoms with Gasteiger partial charge in [0.2, 0.25) is 0 Å². The van der Waals surface area contributed by atoms with Crippen LogP contribution in [0.2, 0.25) is 0 Å². The summed E-state index contributed by atoms with van der Waals surface area (Å²) in [6, 6.07) is 13.6. The fourth-order valence-electron chi connectivity index (χ4n) is 10.8. The van der Waals surface area contributed by atoms with Crippen LogP contribution in [0.5, 0.6) is 0 Å². The normalized spacial score (nSPS) is 13.3.